The summed E-state index contributed by atoms with van der Waals surface area (Å²) in [7, 11) is -3.19. The Hall–Kier alpha value is 0.160. The van der Waals surface area contributed by atoms with Gasteiger partial charge in [0.15, 0.2) is 0 Å². The van der Waals surface area contributed by atoms with Crippen LogP contribution in [-0.4, -0.2) is 61.0 Å². The molecule has 0 aromatic heterocycles. The molecule has 6 heteroatoms. The van der Waals surface area contributed by atoms with E-state index in [4.69, 9.17) is 11.6 Å². The number of halogens is 1. The normalized spacial score (nSPS) is 23.5. The molecule has 0 N–H and O–H groups in total. The summed E-state index contributed by atoms with van der Waals surface area (Å²) in [6, 6.07) is 0.533. The molecule has 2 unspecified atom stereocenters. The molecule has 0 radical (unpaired) electrons. The summed E-state index contributed by atoms with van der Waals surface area (Å²) in [5.41, 5.74) is 0. The van der Waals surface area contributed by atoms with Crippen LogP contribution >= 0.6 is 11.6 Å². The lowest BCUT2D eigenvalue weighted by Gasteiger charge is -2.37. The molecule has 0 aliphatic carbocycles. The summed E-state index contributed by atoms with van der Waals surface area (Å²) in [5.74, 6) is 0.161. The second kappa shape index (κ2) is 6.36. The summed E-state index contributed by atoms with van der Waals surface area (Å²) in [4.78, 5) is 2.34. The van der Waals surface area contributed by atoms with Crippen molar-refractivity contribution < 1.29 is 8.42 Å². The average Bonchev–Trinajstić information content (AvgIpc) is 2.36. The van der Waals surface area contributed by atoms with E-state index < -0.39 is 15.3 Å². The fourth-order valence-electron chi connectivity index (χ4n) is 1.99. The quantitative estimate of drug-likeness (QED) is 0.715. The minimum atomic E-state index is -3.19. The van der Waals surface area contributed by atoms with Crippen LogP contribution in [0.4, 0.5) is 0 Å². The van der Waals surface area contributed by atoms with Gasteiger partial charge in [0.2, 0.25) is 10.0 Å². The van der Waals surface area contributed by atoms with Crippen LogP contribution in [0.25, 0.3) is 0 Å². The first kappa shape index (κ1) is 15.2. The van der Waals surface area contributed by atoms with Crippen molar-refractivity contribution in [1.29, 1.82) is 0 Å². The summed E-state index contributed by atoms with van der Waals surface area (Å²) in [5, 5.41) is -0.487. The van der Waals surface area contributed by atoms with Crippen molar-refractivity contribution in [3.8, 4) is 0 Å². The molecule has 2 atom stereocenters. The smallest absolute Gasteiger partial charge is 0.217 e. The van der Waals surface area contributed by atoms with Gasteiger partial charge in [-0.3, -0.25) is 4.90 Å². The predicted octanol–water partition coefficient (Wildman–Crippen LogP) is 1.36. The van der Waals surface area contributed by atoms with Crippen LogP contribution in [0.3, 0.4) is 0 Å². The largest absolute Gasteiger partial charge is 0.298 e. The average molecular weight is 283 g/mol. The molecule has 0 aromatic carbocycles. The van der Waals surface area contributed by atoms with Crippen LogP contribution in [0.15, 0.2) is 0 Å². The third-order valence-corrected chi connectivity index (χ3v) is 6.49. The molecular weight excluding hydrogens is 260 g/mol. The lowest BCUT2D eigenvalue weighted by Crippen LogP contribution is -2.52. The summed E-state index contributed by atoms with van der Waals surface area (Å²) < 4.78 is 25.8. The number of hydrogen-bond donors (Lipinski definition) is 0. The molecule has 17 heavy (non-hydrogen) atoms. The first-order valence-electron chi connectivity index (χ1n) is 6.22. The number of rotatable bonds is 5. The Bertz CT molecular complexity index is 326. The van der Waals surface area contributed by atoms with Gasteiger partial charge in [-0.1, -0.05) is 6.92 Å². The van der Waals surface area contributed by atoms with Gasteiger partial charge < -0.3 is 0 Å². The first-order valence-corrected chi connectivity index (χ1v) is 8.26. The molecule has 102 valence electrons. The van der Waals surface area contributed by atoms with E-state index in [9.17, 15) is 8.42 Å². The molecule has 0 amide bonds. The number of sulfonamides is 1. The molecule has 1 aliphatic heterocycles. The summed E-state index contributed by atoms with van der Waals surface area (Å²) >= 11 is 5.64. The van der Waals surface area contributed by atoms with Gasteiger partial charge in [-0.05, 0) is 20.3 Å². The Morgan fingerprint density at radius 2 is 1.71 bits per heavy atom. The molecule has 4 nitrogen and oxygen atoms in total. The van der Waals surface area contributed by atoms with E-state index in [0.29, 0.717) is 19.1 Å². The summed E-state index contributed by atoms with van der Waals surface area (Å²) in [6.07, 6.45) is 1.10. The van der Waals surface area contributed by atoms with E-state index in [2.05, 4.69) is 18.7 Å². The van der Waals surface area contributed by atoms with E-state index in [-0.39, 0.29) is 5.88 Å². The van der Waals surface area contributed by atoms with Crippen LogP contribution in [0.2, 0.25) is 0 Å². The molecule has 0 bridgehead atoms. The van der Waals surface area contributed by atoms with Gasteiger partial charge in [-0.2, -0.15) is 4.31 Å². The number of piperazine rings is 1. The van der Waals surface area contributed by atoms with Crippen LogP contribution in [-0.2, 0) is 10.0 Å². The second-order valence-electron chi connectivity index (χ2n) is 4.70. The molecule has 1 saturated heterocycles. The fraction of sp³-hybridized carbons (Fsp3) is 1.00. The highest BCUT2D eigenvalue weighted by Crippen LogP contribution is 2.15. The van der Waals surface area contributed by atoms with Gasteiger partial charge in [0.1, 0.15) is 0 Å². The zero-order valence-corrected chi connectivity index (χ0v) is 12.5. The lowest BCUT2D eigenvalue weighted by atomic mass is 10.2. The van der Waals surface area contributed by atoms with Crippen LogP contribution < -0.4 is 0 Å². The van der Waals surface area contributed by atoms with E-state index in [1.165, 1.54) is 0 Å². The highest BCUT2D eigenvalue weighted by Gasteiger charge is 2.31. The van der Waals surface area contributed by atoms with Crippen LogP contribution in [0.5, 0.6) is 0 Å². The fourth-order valence-corrected chi connectivity index (χ4v) is 3.81. The maximum absolute atomic E-state index is 12.1. The van der Waals surface area contributed by atoms with Gasteiger partial charge in [0.25, 0.3) is 0 Å². The van der Waals surface area contributed by atoms with Gasteiger partial charge in [-0.15, -0.1) is 11.6 Å². The van der Waals surface area contributed by atoms with Gasteiger partial charge in [0.05, 0.1) is 5.25 Å². The molecule has 0 aromatic rings. The Morgan fingerprint density at radius 3 is 2.12 bits per heavy atom. The SMILES string of the molecule is CCC(C)N1CCN(S(=O)(=O)C(C)CCl)CC1. The van der Waals surface area contributed by atoms with Gasteiger partial charge in [0, 0.05) is 38.1 Å². The Kier molecular flexibility index (Phi) is 5.70. The maximum Gasteiger partial charge on any atom is 0.217 e. The van der Waals surface area contributed by atoms with E-state index >= 15 is 0 Å². The zero-order valence-electron chi connectivity index (χ0n) is 10.9. The third-order valence-electron chi connectivity index (χ3n) is 3.57. The number of nitrogens with zero attached hydrogens (tertiary/aromatic N) is 2. The lowest BCUT2D eigenvalue weighted by molar-refractivity contribution is 0.142. The van der Waals surface area contributed by atoms with Crippen molar-refractivity contribution in [3.05, 3.63) is 0 Å². The van der Waals surface area contributed by atoms with Crippen molar-refractivity contribution in [1.82, 2.24) is 9.21 Å². The van der Waals surface area contributed by atoms with Crippen molar-refractivity contribution in [2.24, 2.45) is 0 Å². The number of alkyl halides is 1. The zero-order chi connectivity index (χ0) is 13.1. The Balaban J connectivity index is 2.58. The van der Waals surface area contributed by atoms with Crippen LogP contribution in [0.1, 0.15) is 27.2 Å². The molecule has 1 fully saturated rings. The minimum Gasteiger partial charge on any atom is -0.298 e. The van der Waals surface area contributed by atoms with Gasteiger partial charge >= 0.3 is 0 Å². The minimum absolute atomic E-state index is 0.161. The molecule has 1 heterocycles. The molecule has 1 aliphatic rings. The predicted molar refractivity (Wildman–Crippen MR) is 72.0 cm³/mol. The van der Waals surface area contributed by atoms with Crippen molar-refractivity contribution in [3.63, 3.8) is 0 Å². The maximum atomic E-state index is 12.1. The van der Waals surface area contributed by atoms with E-state index in [1.54, 1.807) is 11.2 Å². The first-order chi connectivity index (χ1) is 7.93. The van der Waals surface area contributed by atoms with E-state index in [0.717, 1.165) is 19.5 Å². The van der Waals surface area contributed by atoms with Crippen molar-refractivity contribution >= 4 is 21.6 Å². The topological polar surface area (TPSA) is 40.6 Å². The molecular formula is C11H23ClN2O2S. The number of hydrogen-bond acceptors (Lipinski definition) is 3. The second-order valence-corrected chi connectivity index (χ2v) is 7.36. The van der Waals surface area contributed by atoms with E-state index in [1.807, 2.05) is 0 Å². The van der Waals surface area contributed by atoms with Crippen LogP contribution in [0, 0.1) is 0 Å². The van der Waals surface area contributed by atoms with Gasteiger partial charge in [-0.25, -0.2) is 8.42 Å². The summed E-state index contributed by atoms with van der Waals surface area (Å²) in [6.45, 7) is 8.84. The third kappa shape index (κ3) is 3.56. The Labute approximate surface area is 110 Å². The Morgan fingerprint density at radius 1 is 1.18 bits per heavy atom. The van der Waals surface area contributed by atoms with Crippen molar-refractivity contribution in [2.45, 2.75) is 38.5 Å². The molecule has 0 saturated carbocycles. The van der Waals surface area contributed by atoms with Crippen molar-refractivity contribution in [2.75, 3.05) is 32.1 Å². The molecule has 0 spiro atoms. The molecule has 1 rings (SSSR count). The standard InChI is InChI=1S/C11H23ClN2O2S/c1-4-10(2)13-5-7-14(8-6-13)17(15,16)11(3)9-12/h10-11H,4-9H2,1-3H3. The monoisotopic (exact) mass is 282 g/mol. The highest BCUT2D eigenvalue weighted by molar-refractivity contribution is 7.89. The highest BCUT2D eigenvalue weighted by atomic mass is 35.5.